The van der Waals surface area contributed by atoms with Gasteiger partial charge in [0.1, 0.15) is 5.82 Å². The second-order valence-corrected chi connectivity index (χ2v) is 3.58. The Labute approximate surface area is 93.4 Å². The summed E-state index contributed by atoms with van der Waals surface area (Å²) in [6.07, 6.45) is 1.48. The lowest BCUT2D eigenvalue weighted by atomic mass is 10.1. The van der Waals surface area contributed by atoms with Crippen LogP contribution in [0.25, 0.3) is 0 Å². The standard InChI is InChI=1S/C10H6BrFO3/c11-6-1-2-7(8(12)5-6)9(13)3-4-10(14)15/h1-5H,(H,14,15)/b4-3+. The highest BCUT2D eigenvalue weighted by atomic mass is 79.9. The quantitative estimate of drug-likeness (QED) is 0.679. The minimum Gasteiger partial charge on any atom is -0.478 e. The Kier molecular flexibility index (Phi) is 3.74. The zero-order chi connectivity index (χ0) is 11.4. The maximum absolute atomic E-state index is 13.2. The van der Waals surface area contributed by atoms with Crippen molar-refractivity contribution in [2.24, 2.45) is 0 Å². The number of rotatable bonds is 3. The highest BCUT2D eigenvalue weighted by Crippen LogP contribution is 2.15. The van der Waals surface area contributed by atoms with Crippen molar-refractivity contribution in [1.29, 1.82) is 0 Å². The van der Waals surface area contributed by atoms with Crippen LogP contribution in [0.15, 0.2) is 34.8 Å². The van der Waals surface area contributed by atoms with Gasteiger partial charge in [-0.05, 0) is 24.3 Å². The fourth-order valence-corrected chi connectivity index (χ4v) is 1.26. The average Bonchev–Trinajstić information content (AvgIpc) is 2.14. The molecule has 1 aromatic carbocycles. The van der Waals surface area contributed by atoms with Crippen molar-refractivity contribution in [1.82, 2.24) is 0 Å². The van der Waals surface area contributed by atoms with E-state index in [1.165, 1.54) is 12.1 Å². The number of carbonyl (C=O) groups is 2. The van der Waals surface area contributed by atoms with E-state index < -0.39 is 17.6 Å². The Bertz CT molecular complexity index is 440. The topological polar surface area (TPSA) is 54.4 Å². The third kappa shape index (κ3) is 3.28. The number of carboxylic acids is 1. The first-order valence-corrected chi connectivity index (χ1v) is 4.70. The normalized spacial score (nSPS) is 10.5. The number of allylic oxidation sites excluding steroid dienone is 1. The smallest absolute Gasteiger partial charge is 0.328 e. The predicted molar refractivity (Wildman–Crippen MR) is 55.2 cm³/mol. The van der Waals surface area contributed by atoms with Gasteiger partial charge in [0, 0.05) is 10.5 Å². The Balaban J connectivity index is 2.97. The van der Waals surface area contributed by atoms with Crippen LogP contribution in [0.3, 0.4) is 0 Å². The summed E-state index contributed by atoms with van der Waals surface area (Å²) in [5.41, 5.74) is -0.157. The molecule has 0 aliphatic rings. The number of hydrogen-bond acceptors (Lipinski definition) is 2. The van der Waals surface area contributed by atoms with Gasteiger partial charge in [0.05, 0.1) is 5.56 Å². The van der Waals surface area contributed by atoms with Crippen molar-refractivity contribution in [2.75, 3.05) is 0 Å². The summed E-state index contributed by atoms with van der Waals surface area (Å²) in [5.74, 6) is -2.62. The van der Waals surface area contributed by atoms with Gasteiger partial charge in [0.15, 0.2) is 5.78 Å². The van der Waals surface area contributed by atoms with Crippen molar-refractivity contribution in [3.05, 3.63) is 46.2 Å². The van der Waals surface area contributed by atoms with Gasteiger partial charge in [0.2, 0.25) is 0 Å². The molecule has 0 fully saturated rings. The number of carboxylic acid groups (broad SMARTS) is 1. The van der Waals surface area contributed by atoms with Crippen LogP contribution in [0.1, 0.15) is 10.4 Å². The van der Waals surface area contributed by atoms with Gasteiger partial charge in [-0.15, -0.1) is 0 Å². The van der Waals surface area contributed by atoms with Crippen molar-refractivity contribution in [3.63, 3.8) is 0 Å². The van der Waals surface area contributed by atoms with Gasteiger partial charge in [-0.25, -0.2) is 9.18 Å². The number of aliphatic carboxylic acids is 1. The minimum absolute atomic E-state index is 0.157. The Morgan fingerprint density at radius 1 is 1.33 bits per heavy atom. The third-order valence-corrected chi connectivity index (χ3v) is 2.07. The summed E-state index contributed by atoms with van der Waals surface area (Å²) < 4.78 is 13.7. The zero-order valence-electron chi connectivity index (χ0n) is 7.41. The Morgan fingerprint density at radius 2 is 2.00 bits per heavy atom. The van der Waals surface area contributed by atoms with E-state index >= 15 is 0 Å². The van der Waals surface area contributed by atoms with Crippen LogP contribution in [0.4, 0.5) is 4.39 Å². The molecule has 0 saturated carbocycles. The first kappa shape index (κ1) is 11.6. The predicted octanol–water partition coefficient (Wildman–Crippen LogP) is 2.41. The molecule has 0 aliphatic heterocycles. The van der Waals surface area contributed by atoms with E-state index in [2.05, 4.69) is 15.9 Å². The summed E-state index contributed by atoms with van der Waals surface area (Å²) in [4.78, 5) is 21.4. The molecule has 0 amide bonds. The molecule has 1 aromatic rings. The van der Waals surface area contributed by atoms with E-state index in [-0.39, 0.29) is 5.56 Å². The molecule has 5 heteroatoms. The molecule has 0 heterocycles. The molecule has 3 nitrogen and oxygen atoms in total. The lowest BCUT2D eigenvalue weighted by Gasteiger charge is -1.98. The van der Waals surface area contributed by atoms with Crippen LogP contribution in [0, 0.1) is 5.82 Å². The van der Waals surface area contributed by atoms with Crippen LogP contribution in [0.2, 0.25) is 0 Å². The minimum atomic E-state index is -1.25. The maximum atomic E-state index is 13.2. The highest BCUT2D eigenvalue weighted by molar-refractivity contribution is 9.10. The fourth-order valence-electron chi connectivity index (χ4n) is 0.926. The molecule has 0 aliphatic carbocycles. The number of carbonyl (C=O) groups excluding carboxylic acids is 1. The van der Waals surface area contributed by atoms with Crippen LogP contribution in [-0.2, 0) is 4.79 Å². The molecule has 1 rings (SSSR count). The monoisotopic (exact) mass is 272 g/mol. The second kappa shape index (κ2) is 4.84. The van der Waals surface area contributed by atoms with Crippen molar-refractivity contribution in [3.8, 4) is 0 Å². The van der Waals surface area contributed by atoms with Crippen molar-refractivity contribution >= 4 is 27.7 Å². The van der Waals surface area contributed by atoms with Gasteiger partial charge in [0.25, 0.3) is 0 Å². The van der Waals surface area contributed by atoms with Gasteiger partial charge in [-0.1, -0.05) is 15.9 Å². The van der Waals surface area contributed by atoms with Crippen molar-refractivity contribution < 1.29 is 19.1 Å². The third-order valence-electron chi connectivity index (χ3n) is 1.57. The maximum Gasteiger partial charge on any atom is 0.328 e. The molecule has 0 spiro atoms. The van der Waals surface area contributed by atoms with Crippen LogP contribution < -0.4 is 0 Å². The molecule has 0 saturated heterocycles. The van der Waals surface area contributed by atoms with Crippen LogP contribution in [-0.4, -0.2) is 16.9 Å². The van der Waals surface area contributed by atoms with Crippen LogP contribution in [0.5, 0.6) is 0 Å². The number of ketones is 1. The first-order chi connectivity index (χ1) is 7.00. The van der Waals surface area contributed by atoms with Gasteiger partial charge in [-0.3, -0.25) is 4.79 Å². The number of halogens is 2. The summed E-state index contributed by atoms with van der Waals surface area (Å²) >= 11 is 3.04. The molecule has 1 N–H and O–H groups in total. The Hall–Kier alpha value is -1.49. The number of benzene rings is 1. The van der Waals surface area contributed by atoms with Crippen molar-refractivity contribution in [2.45, 2.75) is 0 Å². The van der Waals surface area contributed by atoms with E-state index in [0.29, 0.717) is 10.5 Å². The molecule has 0 aromatic heterocycles. The summed E-state index contributed by atoms with van der Waals surface area (Å²) in [6, 6.07) is 3.93. The molecule has 78 valence electrons. The van der Waals surface area contributed by atoms with Gasteiger partial charge >= 0.3 is 5.97 Å². The first-order valence-electron chi connectivity index (χ1n) is 3.91. The highest BCUT2D eigenvalue weighted by Gasteiger charge is 2.09. The van der Waals surface area contributed by atoms with E-state index in [4.69, 9.17) is 5.11 Å². The summed E-state index contributed by atoms with van der Waals surface area (Å²) in [6.45, 7) is 0. The van der Waals surface area contributed by atoms with E-state index in [1.807, 2.05) is 0 Å². The van der Waals surface area contributed by atoms with Gasteiger partial charge in [-0.2, -0.15) is 0 Å². The van der Waals surface area contributed by atoms with E-state index in [0.717, 1.165) is 12.1 Å². The van der Waals surface area contributed by atoms with E-state index in [9.17, 15) is 14.0 Å². The summed E-state index contributed by atoms with van der Waals surface area (Å²) in [7, 11) is 0. The second-order valence-electron chi connectivity index (χ2n) is 2.66. The molecule has 15 heavy (non-hydrogen) atoms. The molecule has 0 unspecified atom stereocenters. The molecule has 0 radical (unpaired) electrons. The van der Waals surface area contributed by atoms with E-state index in [1.54, 1.807) is 0 Å². The number of hydrogen-bond donors (Lipinski definition) is 1. The van der Waals surface area contributed by atoms with Crippen LogP contribution >= 0.6 is 15.9 Å². The largest absolute Gasteiger partial charge is 0.478 e. The zero-order valence-corrected chi connectivity index (χ0v) is 8.99. The average molecular weight is 273 g/mol. The molecular weight excluding hydrogens is 267 g/mol. The fraction of sp³-hybridized carbons (Fsp3) is 0. The lowest BCUT2D eigenvalue weighted by Crippen LogP contribution is -2.00. The Morgan fingerprint density at radius 3 is 2.53 bits per heavy atom. The SMILES string of the molecule is O=C(O)/C=C/C(=O)c1ccc(Br)cc1F. The molecule has 0 bridgehead atoms. The lowest BCUT2D eigenvalue weighted by molar-refractivity contribution is -0.131. The molecule has 0 atom stereocenters. The summed E-state index contributed by atoms with van der Waals surface area (Å²) in [5, 5.41) is 8.28. The molecular formula is C10H6BrFO3. The van der Waals surface area contributed by atoms with Gasteiger partial charge < -0.3 is 5.11 Å².